The van der Waals surface area contributed by atoms with Gasteiger partial charge in [-0.3, -0.25) is 9.59 Å². The Morgan fingerprint density at radius 3 is 2.78 bits per heavy atom. The van der Waals surface area contributed by atoms with Crippen LogP contribution in [0.25, 0.3) is 0 Å². The van der Waals surface area contributed by atoms with Crippen molar-refractivity contribution in [3.8, 4) is 0 Å². The van der Waals surface area contributed by atoms with E-state index in [-0.39, 0.29) is 24.2 Å². The fraction of sp³-hybridized carbons (Fsp3) is 0.579. The smallest absolute Gasteiger partial charge is 0.253 e. The normalized spacial score (nSPS) is 22.5. The molecule has 3 unspecified atom stereocenters. The summed E-state index contributed by atoms with van der Waals surface area (Å²) >= 11 is 7.81. The van der Waals surface area contributed by atoms with E-state index in [2.05, 4.69) is 10.6 Å². The van der Waals surface area contributed by atoms with Crippen LogP contribution in [0.15, 0.2) is 24.3 Å². The second kappa shape index (κ2) is 10.6. The van der Waals surface area contributed by atoms with Crippen LogP contribution in [0, 0.1) is 0 Å². The molecule has 2 aliphatic heterocycles. The quantitative estimate of drug-likeness (QED) is 0.726. The molecular formula is C19H27Cl2N3O2S. The summed E-state index contributed by atoms with van der Waals surface area (Å²) in [5.74, 6) is 0.551. The Morgan fingerprint density at radius 2 is 2.04 bits per heavy atom. The molecule has 2 heterocycles. The molecule has 8 heteroatoms. The Kier molecular flexibility index (Phi) is 8.73. The predicted molar refractivity (Wildman–Crippen MR) is 114 cm³/mol. The summed E-state index contributed by atoms with van der Waals surface area (Å²) < 4.78 is 0. The molecule has 0 aromatic heterocycles. The Morgan fingerprint density at radius 1 is 1.30 bits per heavy atom. The number of rotatable bonds is 6. The molecule has 1 aromatic rings. The number of benzene rings is 1. The molecule has 2 bridgehead atoms. The van der Waals surface area contributed by atoms with Gasteiger partial charge < -0.3 is 15.5 Å². The second-order valence-electron chi connectivity index (χ2n) is 7.00. The van der Waals surface area contributed by atoms with Gasteiger partial charge in [-0.15, -0.1) is 12.4 Å². The van der Waals surface area contributed by atoms with E-state index in [1.165, 1.54) is 6.42 Å². The van der Waals surface area contributed by atoms with Gasteiger partial charge in [0.1, 0.15) is 6.04 Å². The highest BCUT2D eigenvalue weighted by Gasteiger charge is 2.34. The zero-order valence-corrected chi connectivity index (χ0v) is 17.8. The minimum atomic E-state index is -0.511. The summed E-state index contributed by atoms with van der Waals surface area (Å²) in [7, 11) is 0. The minimum Gasteiger partial charge on any atom is -0.340 e. The highest BCUT2D eigenvalue weighted by molar-refractivity contribution is 7.98. The van der Waals surface area contributed by atoms with Gasteiger partial charge in [0, 0.05) is 25.2 Å². The van der Waals surface area contributed by atoms with E-state index in [4.69, 9.17) is 11.6 Å². The summed E-state index contributed by atoms with van der Waals surface area (Å²) in [6.07, 6.45) is 5.93. The third-order valence-corrected chi connectivity index (χ3v) is 6.14. The number of nitrogens with zero attached hydrogens (tertiary/aromatic N) is 1. The first-order valence-corrected chi connectivity index (χ1v) is 10.9. The highest BCUT2D eigenvalue weighted by atomic mass is 35.5. The van der Waals surface area contributed by atoms with Gasteiger partial charge in [-0.05, 0) is 49.8 Å². The van der Waals surface area contributed by atoms with Crippen LogP contribution in [0.2, 0.25) is 5.02 Å². The average molecular weight is 432 g/mol. The number of carbonyl (C=O) groups is 2. The maximum Gasteiger partial charge on any atom is 0.253 e. The fourth-order valence-electron chi connectivity index (χ4n) is 3.74. The first kappa shape index (κ1) is 22.3. The summed E-state index contributed by atoms with van der Waals surface area (Å²) in [5, 5.41) is 6.91. The van der Waals surface area contributed by atoms with E-state index in [0.29, 0.717) is 29.1 Å². The number of hydrogen-bond acceptors (Lipinski definition) is 4. The lowest BCUT2D eigenvalue weighted by molar-refractivity contribution is -0.133. The molecule has 0 aliphatic carbocycles. The van der Waals surface area contributed by atoms with Crippen molar-refractivity contribution in [2.24, 2.45) is 0 Å². The van der Waals surface area contributed by atoms with E-state index in [1.807, 2.05) is 11.2 Å². The first-order chi connectivity index (χ1) is 12.6. The fourth-order valence-corrected chi connectivity index (χ4v) is 4.43. The Hall–Kier alpha value is -0.950. The standard InChI is InChI=1S/C19H26ClN3O2S.ClH/c1-26-11-9-17(22-18(24)15-4-2-3-5-16(15)20)19(25)23-10-8-13-6-7-14(12-23)21-13;/h2-5,13-14,17,21H,6-12H2,1H3,(H,22,24);1H. The molecule has 0 saturated carbocycles. The number of carbonyl (C=O) groups excluding carboxylic acids is 2. The number of hydrogen-bond donors (Lipinski definition) is 2. The van der Waals surface area contributed by atoms with Crippen molar-refractivity contribution in [3.05, 3.63) is 34.9 Å². The zero-order chi connectivity index (χ0) is 18.5. The molecule has 27 heavy (non-hydrogen) atoms. The molecule has 5 nitrogen and oxygen atoms in total. The van der Waals surface area contributed by atoms with Crippen molar-refractivity contribution in [2.45, 2.75) is 43.8 Å². The zero-order valence-electron chi connectivity index (χ0n) is 15.4. The lowest BCUT2D eigenvalue weighted by Crippen LogP contribution is -2.51. The van der Waals surface area contributed by atoms with Gasteiger partial charge in [0.2, 0.25) is 5.91 Å². The van der Waals surface area contributed by atoms with E-state index in [0.717, 1.165) is 31.7 Å². The van der Waals surface area contributed by atoms with Gasteiger partial charge in [0.15, 0.2) is 0 Å². The Labute approximate surface area is 176 Å². The number of amides is 2. The SMILES string of the molecule is CSCCC(NC(=O)c1ccccc1Cl)C(=O)N1CCC2CCC(C1)N2.Cl. The number of fused-ring (bicyclic) bond motifs is 2. The van der Waals surface area contributed by atoms with Gasteiger partial charge in [-0.25, -0.2) is 0 Å². The second-order valence-corrected chi connectivity index (χ2v) is 8.39. The number of nitrogens with one attached hydrogen (secondary N) is 2. The maximum atomic E-state index is 13.1. The van der Waals surface area contributed by atoms with E-state index < -0.39 is 6.04 Å². The van der Waals surface area contributed by atoms with E-state index in [1.54, 1.807) is 36.0 Å². The molecule has 3 rings (SSSR count). The van der Waals surface area contributed by atoms with Gasteiger partial charge in [-0.1, -0.05) is 23.7 Å². The van der Waals surface area contributed by atoms with Crippen molar-refractivity contribution in [1.29, 1.82) is 0 Å². The molecule has 150 valence electrons. The van der Waals surface area contributed by atoms with Gasteiger partial charge in [0.25, 0.3) is 5.91 Å². The third kappa shape index (κ3) is 5.76. The van der Waals surface area contributed by atoms with Crippen molar-refractivity contribution >= 4 is 47.6 Å². The van der Waals surface area contributed by atoms with E-state index in [9.17, 15) is 9.59 Å². The summed E-state index contributed by atoms with van der Waals surface area (Å²) in [4.78, 5) is 27.7. The molecule has 0 spiro atoms. The summed E-state index contributed by atoms with van der Waals surface area (Å²) in [6, 6.07) is 7.33. The molecule has 3 atom stereocenters. The predicted octanol–water partition coefficient (Wildman–Crippen LogP) is 2.97. The van der Waals surface area contributed by atoms with Gasteiger partial charge in [-0.2, -0.15) is 11.8 Å². The van der Waals surface area contributed by atoms with Crippen molar-refractivity contribution in [1.82, 2.24) is 15.5 Å². The van der Waals surface area contributed by atoms with Crippen LogP contribution >= 0.6 is 35.8 Å². The van der Waals surface area contributed by atoms with Crippen LogP contribution < -0.4 is 10.6 Å². The minimum absolute atomic E-state index is 0. The number of thioether (sulfide) groups is 1. The van der Waals surface area contributed by atoms with Crippen LogP contribution in [-0.2, 0) is 4.79 Å². The lowest BCUT2D eigenvalue weighted by atomic mass is 10.1. The summed E-state index contributed by atoms with van der Waals surface area (Å²) in [6.45, 7) is 1.48. The molecule has 2 saturated heterocycles. The monoisotopic (exact) mass is 431 g/mol. The van der Waals surface area contributed by atoms with E-state index >= 15 is 0 Å². The van der Waals surface area contributed by atoms with Crippen molar-refractivity contribution < 1.29 is 9.59 Å². The Bertz CT molecular complexity index is 662. The van der Waals surface area contributed by atoms with Crippen LogP contribution in [0.4, 0.5) is 0 Å². The average Bonchev–Trinajstić information content (AvgIpc) is 2.97. The van der Waals surface area contributed by atoms with Gasteiger partial charge >= 0.3 is 0 Å². The molecule has 1 aromatic carbocycles. The van der Waals surface area contributed by atoms with Crippen LogP contribution in [-0.4, -0.2) is 59.9 Å². The first-order valence-electron chi connectivity index (χ1n) is 9.17. The largest absolute Gasteiger partial charge is 0.340 e. The van der Waals surface area contributed by atoms with Crippen molar-refractivity contribution in [3.63, 3.8) is 0 Å². The molecule has 2 N–H and O–H groups in total. The molecule has 2 aliphatic rings. The number of likely N-dealkylation sites (tertiary alicyclic amines) is 1. The van der Waals surface area contributed by atoms with Crippen LogP contribution in [0.5, 0.6) is 0 Å². The summed E-state index contributed by atoms with van der Waals surface area (Å²) in [5.41, 5.74) is 0.410. The maximum absolute atomic E-state index is 13.1. The third-order valence-electron chi connectivity index (χ3n) is 5.17. The molecule has 0 radical (unpaired) electrons. The van der Waals surface area contributed by atoms with Crippen LogP contribution in [0.1, 0.15) is 36.0 Å². The number of halogens is 2. The van der Waals surface area contributed by atoms with Crippen molar-refractivity contribution in [2.75, 3.05) is 25.1 Å². The topological polar surface area (TPSA) is 61.4 Å². The molecule has 2 amide bonds. The molecule has 2 fully saturated rings. The highest BCUT2D eigenvalue weighted by Crippen LogP contribution is 2.21. The molecular weight excluding hydrogens is 405 g/mol. The van der Waals surface area contributed by atoms with Gasteiger partial charge in [0.05, 0.1) is 10.6 Å². The Balaban J connectivity index is 0.00000261. The lowest BCUT2D eigenvalue weighted by Gasteiger charge is -2.29. The van der Waals surface area contributed by atoms with Crippen LogP contribution in [0.3, 0.4) is 0 Å².